The van der Waals surface area contributed by atoms with Crippen molar-refractivity contribution in [3.8, 4) is 0 Å². The van der Waals surface area contributed by atoms with Gasteiger partial charge in [-0.1, -0.05) is 36.4 Å². The zero-order valence-electron chi connectivity index (χ0n) is 15.8. The highest BCUT2D eigenvalue weighted by Gasteiger charge is 2.44. The summed E-state index contributed by atoms with van der Waals surface area (Å²) in [6.45, 7) is 2.18. The molecule has 1 saturated heterocycles. The van der Waals surface area contributed by atoms with Crippen molar-refractivity contribution in [2.24, 2.45) is 4.99 Å². The fourth-order valence-corrected chi connectivity index (χ4v) is 3.68. The van der Waals surface area contributed by atoms with E-state index >= 15 is 0 Å². The Kier molecular flexibility index (Phi) is 5.01. The van der Waals surface area contributed by atoms with Crippen LogP contribution in [-0.2, 0) is 12.1 Å². The van der Waals surface area contributed by atoms with Gasteiger partial charge in [0.15, 0.2) is 5.96 Å². The largest absolute Gasteiger partial charge is 0.347 e. The molecule has 0 amide bonds. The minimum absolute atomic E-state index is 0.266. The van der Waals surface area contributed by atoms with Crippen molar-refractivity contribution in [1.82, 2.24) is 10.6 Å². The molecule has 2 unspecified atom stereocenters. The third-order valence-corrected chi connectivity index (χ3v) is 5.15. The van der Waals surface area contributed by atoms with Gasteiger partial charge in [-0.05, 0) is 60.0 Å². The molecular formula is C23H20F3N3. The van der Waals surface area contributed by atoms with E-state index < -0.39 is 5.54 Å². The van der Waals surface area contributed by atoms with Crippen LogP contribution in [0.3, 0.4) is 0 Å². The van der Waals surface area contributed by atoms with Crippen molar-refractivity contribution in [3.63, 3.8) is 0 Å². The first kappa shape index (κ1) is 19.1. The Morgan fingerprint density at radius 2 is 1.52 bits per heavy atom. The van der Waals surface area contributed by atoms with Crippen molar-refractivity contribution < 1.29 is 13.2 Å². The van der Waals surface area contributed by atoms with Gasteiger partial charge in [0.1, 0.15) is 17.5 Å². The Morgan fingerprint density at radius 1 is 0.862 bits per heavy atom. The molecule has 3 aromatic carbocycles. The third-order valence-electron chi connectivity index (χ3n) is 5.15. The molecule has 4 rings (SSSR count). The lowest BCUT2D eigenvalue weighted by molar-refractivity contribution is 0.376. The Labute approximate surface area is 167 Å². The van der Waals surface area contributed by atoms with Crippen molar-refractivity contribution in [2.45, 2.75) is 25.0 Å². The number of rotatable bonds is 4. The SMILES string of the molecule is CC1(c2cccc(F)c2)NC(=NCc2cccc(F)c2)NC1c1cccc(F)c1. The van der Waals surface area contributed by atoms with Gasteiger partial charge in [-0.3, -0.25) is 0 Å². The van der Waals surface area contributed by atoms with Crippen LogP contribution in [0.1, 0.15) is 29.7 Å². The number of benzene rings is 3. The highest BCUT2D eigenvalue weighted by molar-refractivity contribution is 5.84. The highest BCUT2D eigenvalue weighted by Crippen LogP contribution is 2.38. The van der Waals surface area contributed by atoms with Gasteiger partial charge in [0, 0.05) is 0 Å². The number of aliphatic imine (C=N–C) groups is 1. The van der Waals surface area contributed by atoms with Gasteiger partial charge >= 0.3 is 0 Å². The predicted octanol–water partition coefficient (Wildman–Crippen LogP) is 4.81. The van der Waals surface area contributed by atoms with Crippen LogP contribution in [-0.4, -0.2) is 5.96 Å². The van der Waals surface area contributed by atoms with Crippen LogP contribution >= 0.6 is 0 Å². The normalized spacial score (nSPS) is 22.3. The molecule has 0 radical (unpaired) electrons. The second-order valence-electron chi connectivity index (χ2n) is 7.26. The van der Waals surface area contributed by atoms with Crippen LogP contribution in [0, 0.1) is 17.5 Å². The Morgan fingerprint density at radius 3 is 2.21 bits per heavy atom. The van der Waals surface area contributed by atoms with Crippen LogP contribution in [0.25, 0.3) is 0 Å². The molecule has 0 saturated carbocycles. The van der Waals surface area contributed by atoms with E-state index in [4.69, 9.17) is 0 Å². The number of nitrogens with one attached hydrogen (secondary N) is 2. The van der Waals surface area contributed by atoms with E-state index in [0.29, 0.717) is 17.1 Å². The van der Waals surface area contributed by atoms with E-state index in [2.05, 4.69) is 15.6 Å². The first-order valence-corrected chi connectivity index (χ1v) is 9.29. The quantitative estimate of drug-likeness (QED) is 0.665. The Bertz CT molecular complexity index is 1070. The minimum atomic E-state index is -0.767. The molecule has 0 spiro atoms. The van der Waals surface area contributed by atoms with Gasteiger partial charge in [0.25, 0.3) is 0 Å². The van der Waals surface area contributed by atoms with Crippen molar-refractivity contribution in [3.05, 3.63) is 107 Å². The van der Waals surface area contributed by atoms with E-state index in [-0.39, 0.29) is 30.0 Å². The summed E-state index contributed by atoms with van der Waals surface area (Å²) < 4.78 is 41.2. The molecule has 2 atom stereocenters. The molecule has 1 heterocycles. The summed E-state index contributed by atoms with van der Waals surface area (Å²) in [6, 6.07) is 18.4. The Balaban J connectivity index is 1.70. The number of nitrogens with zero attached hydrogens (tertiary/aromatic N) is 1. The lowest BCUT2D eigenvalue weighted by atomic mass is 9.82. The molecule has 1 aliphatic heterocycles. The molecule has 6 heteroatoms. The van der Waals surface area contributed by atoms with E-state index in [1.54, 1.807) is 24.3 Å². The second kappa shape index (κ2) is 7.62. The molecule has 2 N–H and O–H groups in total. The zero-order chi connectivity index (χ0) is 20.4. The summed E-state index contributed by atoms with van der Waals surface area (Å²) in [5.41, 5.74) is 1.37. The van der Waals surface area contributed by atoms with Gasteiger partial charge in [0.2, 0.25) is 0 Å². The highest BCUT2D eigenvalue weighted by atomic mass is 19.1. The number of hydrogen-bond donors (Lipinski definition) is 2. The van der Waals surface area contributed by atoms with Gasteiger partial charge < -0.3 is 10.6 Å². The van der Waals surface area contributed by atoms with E-state index in [0.717, 1.165) is 5.56 Å². The van der Waals surface area contributed by atoms with Crippen LogP contribution in [0.4, 0.5) is 13.2 Å². The fourth-order valence-electron chi connectivity index (χ4n) is 3.68. The molecule has 0 bridgehead atoms. The first-order chi connectivity index (χ1) is 13.9. The summed E-state index contributed by atoms with van der Waals surface area (Å²) in [5.74, 6) is -0.544. The summed E-state index contributed by atoms with van der Waals surface area (Å²) in [4.78, 5) is 4.52. The summed E-state index contributed by atoms with van der Waals surface area (Å²) in [5, 5.41) is 6.60. The maximum Gasteiger partial charge on any atom is 0.192 e. The average Bonchev–Trinajstić information content (AvgIpc) is 3.04. The third kappa shape index (κ3) is 3.97. The maximum atomic E-state index is 13.9. The predicted molar refractivity (Wildman–Crippen MR) is 107 cm³/mol. The first-order valence-electron chi connectivity index (χ1n) is 9.29. The molecule has 1 fully saturated rings. The number of hydrogen-bond acceptors (Lipinski definition) is 1. The molecular weight excluding hydrogens is 375 g/mol. The van der Waals surface area contributed by atoms with Crippen LogP contribution in [0.5, 0.6) is 0 Å². The Hall–Kier alpha value is -3.28. The van der Waals surface area contributed by atoms with Crippen LogP contribution in [0.2, 0.25) is 0 Å². The average molecular weight is 395 g/mol. The van der Waals surface area contributed by atoms with Gasteiger partial charge in [-0.15, -0.1) is 0 Å². The maximum absolute atomic E-state index is 13.9. The van der Waals surface area contributed by atoms with Crippen molar-refractivity contribution >= 4 is 5.96 Å². The smallest absolute Gasteiger partial charge is 0.192 e. The van der Waals surface area contributed by atoms with Crippen LogP contribution < -0.4 is 10.6 Å². The fraction of sp³-hybridized carbons (Fsp3) is 0.174. The lowest BCUT2D eigenvalue weighted by Crippen LogP contribution is -2.39. The zero-order valence-corrected chi connectivity index (χ0v) is 15.8. The molecule has 29 heavy (non-hydrogen) atoms. The molecule has 0 aromatic heterocycles. The van der Waals surface area contributed by atoms with Gasteiger partial charge in [-0.25, -0.2) is 18.2 Å². The van der Waals surface area contributed by atoms with Crippen molar-refractivity contribution in [2.75, 3.05) is 0 Å². The van der Waals surface area contributed by atoms with E-state index in [1.807, 2.05) is 19.1 Å². The summed E-state index contributed by atoms with van der Waals surface area (Å²) >= 11 is 0. The van der Waals surface area contributed by atoms with Crippen molar-refractivity contribution in [1.29, 1.82) is 0 Å². The monoisotopic (exact) mass is 395 g/mol. The molecule has 0 aliphatic carbocycles. The standard InChI is InChI=1S/C23H20F3N3/c1-23(17-7-4-10-20(26)13-17)21(16-6-3-9-19(25)12-16)28-22(29-23)27-14-15-5-2-8-18(24)11-15/h2-13,21H,14H2,1H3,(H2,27,28,29). The topological polar surface area (TPSA) is 36.4 Å². The summed E-state index contributed by atoms with van der Waals surface area (Å²) in [6.07, 6.45) is 0. The second-order valence-corrected chi connectivity index (χ2v) is 7.26. The van der Waals surface area contributed by atoms with Crippen LogP contribution in [0.15, 0.2) is 77.8 Å². The lowest BCUT2D eigenvalue weighted by Gasteiger charge is -2.31. The van der Waals surface area contributed by atoms with E-state index in [9.17, 15) is 13.2 Å². The summed E-state index contributed by atoms with van der Waals surface area (Å²) in [7, 11) is 0. The molecule has 148 valence electrons. The number of guanidine groups is 1. The van der Waals surface area contributed by atoms with E-state index in [1.165, 1.54) is 36.4 Å². The van der Waals surface area contributed by atoms with Gasteiger partial charge in [0.05, 0.1) is 18.1 Å². The molecule has 1 aliphatic rings. The minimum Gasteiger partial charge on any atom is -0.347 e. The molecule has 3 aromatic rings. The van der Waals surface area contributed by atoms with Gasteiger partial charge in [-0.2, -0.15) is 0 Å². The number of halogens is 3. The molecule has 3 nitrogen and oxygen atoms in total.